The SMILES string of the molecule is CCCC1CN(CCCSCC)C(CCC)CN1. The summed E-state index contributed by atoms with van der Waals surface area (Å²) in [6, 6.07) is 1.52. The summed E-state index contributed by atoms with van der Waals surface area (Å²) in [6.45, 7) is 10.6. The van der Waals surface area contributed by atoms with Crippen LogP contribution in [-0.2, 0) is 0 Å². The first-order valence-corrected chi connectivity index (χ1v) is 9.02. The first-order valence-electron chi connectivity index (χ1n) is 7.86. The Kier molecular flexibility index (Phi) is 9.16. The highest BCUT2D eigenvalue weighted by Gasteiger charge is 2.25. The predicted molar refractivity (Wildman–Crippen MR) is 84.6 cm³/mol. The molecule has 0 aromatic heterocycles. The van der Waals surface area contributed by atoms with Crippen LogP contribution in [0.3, 0.4) is 0 Å². The summed E-state index contributed by atoms with van der Waals surface area (Å²) in [6.07, 6.45) is 6.66. The number of piperazine rings is 1. The molecule has 0 aliphatic carbocycles. The molecule has 0 spiro atoms. The third-order valence-electron chi connectivity index (χ3n) is 3.81. The van der Waals surface area contributed by atoms with Crippen molar-refractivity contribution in [3.05, 3.63) is 0 Å². The molecule has 3 heteroatoms. The molecule has 1 saturated heterocycles. The van der Waals surface area contributed by atoms with Crippen LogP contribution < -0.4 is 5.32 Å². The summed E-state index contributed by atoms with van der Waals surface area (Å²) in [5.74, 6) is 2.59. The zero-order valence-electron chi connectivity index (χ0n) is 12.6. The molecule has 0 aromatic carbocycles. The fourth-order valence-corrected chi connectivity index (χ4v) is 3.50. The van der Waals surface area contributed by atoms with Gasteiger partial charge >= 0.3 is 0 Å². The lowest BCUT2D eigenvalue weighted by Crippen LogP contribution is -2.56. The molecule has 0 radical (unpaired) electrons. The minimum absolute atomic E-state index is 0.738. The Morgan fingerprint density at radius 1 is 1.17 bits per heavy atom. The fraction of sp³-hybridized carbons (Fsp3) is 1.00. The summed E-state index contributed by atoms with van der Waals surface area (Å²) in [5, 5.41) is 3.74. The molecule has 0 bridgehead atoms. The Labute approximate surface area is 118 Å². The van der Waals surface area contributed by atoms with Crippen molar-refractivity contribution in [3.63, 3.8) is 0 Å². The van der Waals surface area contributed by atoms with Crippen LogP contribution >= 0.6 is 11.8 Å². The van der Waals surface area contributed by atoms with E-state index in [2.05, 4.69) is 42.7 Å². The van der Waals surface area contributed by atoms with Gasteiger partial charge in [-0.15, -0.1) is 0 Å². The molecule has 1 aliphatic heterocycles. The number of nitrogens with zero attached hydrogens (tertiary/aromatic N) is 1. The molecular weight excluding hydrogens is 240 g/mol. The van der Waals surface area contributed by atoms with E-state index in [1.54, 1.807) is 0 Å². The highest BCUT2D eigenvalue weighted by atomic mass is 32.2. The molecule has 1 fully saturated rings. The van der Waals surface area contributed by atoms with E-state index < -0.39 is 0 Å². The van der Waals surface area contributed by atoms with Crippen LogP contribution in [0.25, 0.3) is 0 Å². The van der Waals surface area contributed by atoms with E-state index in [1.807, 2.05) is 0 Å². The first kappa shape index (κ1) is 16.3. The number of hydrogen-bond donors (Lipinski definition) is 1. The maximum Gasteiger partial charge on any atom is 0.0221 e. The van der Waals surface area contributed by atoms with Crippen molar-refractivity contribution in [1.29, 1.82) is 0 Å². The monoisotopic (exact) mass is 272 g/mol. The van der Waals surface area contributed by atoms with Gasteiger partial charge in [0, 0.05) is 25.2 Å². The first-order chi connectivity index (χ1) is 8.81. The molecule has 2 nitrogen and oxygen atoms in total. The van der Waals surface area contributed by atoms with Gasteiger partial charge in [-0.25, -0.2) is 0 Å². The van der Waals surface area contributed by atoms with Gasteiger partial charge < -0.3 is 5.32 Å². The van der Waals surface area contributed by atoms with E-state index in [4.69, 9.17) is 0 Å². The van der Waals surface area contributed by atoms with Crippen LogP contribution in [0.4, 0.5) is 0 Å². The van der Waals surface area contributed by atoms with E-state index in [0.29, 0.717) is 0 Å². The molecule has 1 N–H and O–H groups in total. The molecule has 1 rings (SSSR count). The van der Waals surface area contributed by atoms with Crippen LogP contribution in [0.2, 0.25) is 0 Å². The van der Waals surface area contributed by atoms with Crippen molar-refractivity contribution in [3.8, 4) is 0 Å². The van der Waals surface area contributed by atoms with Crippen molar-refractivity contribution in [1.82, 2.24) is 10.2 Å². The minimum atomic E-state index is 0.738. The number of hydrogen-bond acceptors (Lipinski definition) is 3. The fourth-order valence-electron chi connectivity index (χ4n) is 2.88. The molecule has 1 aliphatic rings. The van der Waals surface area contributed by atoms with Gasteiger partial charge in [-0.2, -0.15) is 11.8 Å². The molecule has 0 amide bonds. The van der Waals surface area contributed by atoms with Crippen molar-refractivity contribution >= 4 is 11.8 Å². The molecule has 108 valence electrons. The summed E-state index contributed by atoms with van der Waals surface area (Å²) >= 11 is 2.08. The summed E-state index contributed by atoms with van der Waals surface area (Å²) < 4.78 is 0. The van der Waals surface area contributed by atoms with Gasteiger partial charge in [-0.1, -0.05) is 33.6 Å². The number of thioether (sulfide) groups is 1. The average Bonchev–Trinajstić information content (AvgIpc) is 2.38. The van der Waals surface area contributed by atoms with Gasteiger partial charge in [0.2, 0.25) is 0 Å². The standard InChI is InChI=1S/C15H32N2S/c1-4-8-14-13-17(10-7-11-18-6-3)15(9-5-2)12-16-14/h14-16H,4-13H2,1-3H3. The molecule has 0 saturated carbocycles. The van der Waals surface area contributed by atoms with Gasteiger partial charge in [-0.05, 0) is 37.3 Å². The average molecular weight is 273 g/mol. The number of rotatable bonds is 9. The number of nitrogens with one attached hydrogen (secondary N) is 1. The minimum Gasteiger partial charge on any atom is -0.311 e. The molecule has 2 atom stereocenters. The Balaban J connectivity index is 2.34. The summed E-state index contributed by atoms with van der Waals surface area (Å²) in [5.41, 5.74) is 0. The molecule has 18 heavy (non-hydrogen) atoms. The maximum atomic E-state index is 3.74. The summed E-state index contributed by atoms with van der Waals surface area (Å²) in [7, 11) is 0. The zero-order chi connectivity index (χ0) is 13.2. The third kappa shape index (κ3) is 5.94. The zero-order valence-corrected chi connectivity index (χ0v) is 13.4. The van der Waals surface area contributed by atoms with Crippen molar-refractivity contribution in [2.45, 2.75) is 65.0 Å². The Morgan fingerprint density at radius 3 is 2.61 bits per heavy atom. The Bertz CT molecular complexity index is 199. The quantitative estimate of drug-likeness (QED) is 0.648. The van der Waals surface area contributed by atoms with Crippen LogP contribution in [0.5, 0.6) is 0 Å². The van der Waals surface area contributed by atoms with Gasteiger partial charge in [0.05, 0.1) is 0 Å². The van der Waals surface area contributed by atoms with Crippen molar-refractivity contribution < 1.29 is 0 Å². The molecule has 1 heterocycles. The lowest BCUT2D eigenvalue weighted by atomic mass is 10.0. The smallest absolute Gasteiger partial charge is 0.0221 e. The highest BCUT2D eigenvalue weighted by Crippen LogP contribution is 2.15. The van der Waals surface area contributed by atoms with E-state index in [0.717, 1.165) is 12.1 Å². The largest absolute Gasteiger partial charge is 0.311 e. The van der Waals surface area contributed by atoms with Gasteiger partial charge in [-0.3, -0.25) is 4.90 Å². The van der Waals surface area contributed by atoms with Crippen LogP contribution in [-0.4, -0.2) is 48.1 Å². The van der Waals surface area contributed by atoms with E-state index in [1.165, 1.54) is 63.2 Å². The van der Waals surface area contributed by atoms with E-state index in [-0.39, 0.29) is 0 Å². The Morgan fingerprint density at radius 2 is 1.94 bits per heavy atom. The third-order valence-corrected chi connectivity index (χ3v) is 4.80. The second-order valence-electron chi connectivity index (χ2n) is 5.38. The lowest BCUT2D eigenvalue weighted by molar-refractivity contribution is 0.120. The lowest BCUT2D eigenvalue weighted by Gasteiger charge is -2.40. The van der Waals surface area contributed by atoms with Gasteiger partial charge in [0.1, 0.15) is 0 Å². The topological polar surface area (TPSA) is 15.3 Å². The van der Waals surface area contributed by atoms with Crippen LogP contribution in [0.1, 0.15) is 52.9 Å². The van der Waals surface area contributed by atoms with Gasteiger partial charge in [0.25, 0.3) is 0 Å². The Hall–Kier alpha value is 0.270. The second kappa shape index (κ2) is 10.1. The van der Waals surface area contributed by atoms with Crippen LogP contribution in [0.15, 0.2) is 0 Å². The second-order valence-corrected chi connectivity index (χ2v) is 6.78. The van der Waals surface area contributed by atoms with Gasteiger partial charge in [0.15, 0.2) is 0 Å². The van der Waals surface area contributed by atoms with Crippen molar-refractivity contribution in [2.24, 2.45) is 0 Å². The maximum absolute atomic E-state index is 3.74. The normalized spacial score (nSPS) is 25.5. The van der Waals surface area contributed by atoms with Crippen molar-refractivity contribution in [2.75, 3.05) is 31.1 Å². The highest BCUT2D eigenvalue weighted by molar-refractivity contribution is 7.99. The summed E-state index contributed by atoms with van der Waals surface area (Å²) in [4.78, 5) is 2.76. The predicted octanol–water partition coefficient (Wildman–Crippen LogP) is 3.37. The van der Waals surface area contributed by atoms with E-state index in [9.17, 15) is 0 Å². The molecule has 0 aromatic rings. The van der Waals surface area contributed by atoms with Crippen LogP contribution in [0, 0.1) is 0 Å². The van der Waals surface area contributed by atoms with E-state index >= 15 is 0 Å². The molecule has 2 unspecified atom stereocenters. The molecular formula is C15H32N2S.